The number of ether oxygens (including phenoxy) is 1. The molecule has 0 fully saturated rings. The highest BCUT2D eigenvalue weighted by Crippen LogP contribution is 2.23. The third kappa shape index (κ3) is 12.3. The van der Waals surface area contributed by atoms with Crippen LogP contribution in [0.1, 0.15) is 103 Å². The van der Waals surface area contributed by atoms with Crippen LogP contribution in [0, 0.1) is 0 Å². The minimum absolute atomic E-state index is 0.825. The molecule has 0 N–H and O–H groups in total. The van der Waals surface area contributed by atoms with E-state index < -0.39 is 0 Å². The second kappa shape index (κ2) is 17.2. The lowest BCUT2D eigenvalue weighted by molar-refractivity contribution is 0.304. The molecule has 0 saturated heterocycles. The molecule has 0 aromatic heterocycles. The van der Waals surface area contributed by atoms with Crippen LogP contribution in [0.5, 0.6) is 5.75 Å². The van der Waals surface area contributed by atoms with Gasteiger partial charge in [0.15, 0.2) is 0 Å². The first kappa shape index (κ1) is 25.8. The predicted molar refractivity (Wildman–Crippen MR) is 140 cm³/mol. The first-order valence-corrected chi connectivity index (χ1v) is 13.3. The lowest BCUT2D eigenvalue weighted by Gasteiger charge is -2.08. The monoisotopic (exact) mass is 440 g/mol. The van der Waals surface area contributed by atoms with E-state index in [9.17, 15) is 0 Å². The van der Waals surface area contributed by atoms with Crippen LogP contribution < -0.4 is 4.74 Å². The second-order valence-electron chi connectivity index (χ2n) is 8.87. The predicted octanol–water partition coefficient (Wildman–Crippen LogP) is 9.89. The summed E-state index contributed by atoms with van der Waals surface area (Å²) in [7, 11) is 0. The molecule has 2 aromatic carbocycles. The average Bonchev–Trinajstić information content (AvgIpc) is 2.80. The summed E-state index contributed by atoms with van der Waals surface area (Å²) in [5, 5.41) is 0. The Bertz CT molecular complexity index is 662. The van der Waals surface area contributed by atoms with Crippen molar-refractivity contribution >= 4 is 12.6 Å². The lowest BCUT2D eigenvalue weighted by Crippen LogP contribution is -1.97. The molecule has 0 bridgehead atoms. The van der Waals surface area contributed by atoms with Crippen molar-refractivity contribution in [2.45, 2.75) is 108 Å². The van der Waals surface area contributed by atoms with Crippen LogP contribution in [0.25, 0.3) is 11.1 Å². The molecule has 31 heavy (non-hydrogen) atoms. The van der Waals surface area contributed by atoms with Crippen LogP contribution in [0.4, 0.5) is 0 Å². The zero-order valence-corrected chi connectivity index (χ0v) is 20.7. The van der Waals surface area contributed by atoms with Crippen molar-refractivity contribution in [2.24, 2.45) is 0 Å². The second-order valence-corrected chi connectivity index (χ2v) is 9.39. The minimum atomic E-state index is 0.825. The molecule has 0 radical (unpaired) electrons. The van der Waals surface area contributed by atoms with E-state index in [1.165, 1.54) is 101 Å². The summed E-state index contributed by atoms with van der Waals surface area (Å²) < 4.78 is 5.92. The molecule has 0 saturated carbocycles. The molecule has 2 rings (SSSR count). The summed E-state index contributed by atoms with van der Waals surface area (Å²) in [5.41, 5.74) is 2.43. The van der Waals surface area contributed by atoms with Crippen LogP contribution in [0.3, 0.4) is 0 Å². The number of rotatable bonds is 18. The van der Waals surface area contributed by atoms with Crippen molar-refractivity contribution in [3.05, 3.63) is 48.5 Å². The highest BCUT2D eigenvalue weighted by Gasteiger charge is 1.99. The first-order chi connectivity index (χ1) is 15.3. The number of unbranched alkanes of at least 4 members (excludes halogenated alkanes) is 14. The Morgan fingerprint density at radius 2 is 0.903 bits per heavy atom. The van der Waals surface area contributed by atoms with E-state index in [2.05, 4.69) is 56.0 Å². The van der Waals surface area contributed by atoms with Gasteiger partial charge >= 0.3 is 0 Å². The fourth-order valence-corrected chi connectivity index (χ4v) is 4.21. The highest BCUT2D eigenvalue weighted by atomic mass is 32.1. The molecule has 0 heterocycles. The fraction of sp³-hybridized carbons (Fsp3) is 0.586. The van der Waals surface area contributed by atoms with E-state index in [0.717, 1.165) is 23.7 Å². The van der Waals surface area contributed by atoms with Crippen LogP contribution in [-0.2, 0) is 0 Å². The quantitative estimate of drug-likeness (QED) is 0.179. The van der Waals surface area contributed by atoms with Crippen LogP contribution in [-0.4, -0.2) is 6.61 Å². The van der Waals surface area contributed by atoms with Crippen LogP contribution >= 0.6 is 12.6 Å². The van der Waals surface area contributed by atoms with Gasteiger partial charge in [0.2, 0.25) is 0 Å². The largest absolute Gasteiger partial charge is 0.494 e. The third-order valence-corrected chi connectivity index (χ3v) is 6.37. The van der Waals surface area contributed by atoms with Crippen LogP contribution in [0.2, 0.25) is 0 Å². The molecule has 0 atom stereocenters. The maximum Gasteiger partial charge on any atom is 0.119 e. The summed E-state index contributed by atoms with van der Waals surface area (Å²) in [6.45, 7) is 3.12. The molecule has 1 nitrogen and oxygen atoms in total. The van der Waals surface area contributed by atoms with E-state index >= 15 is 0 Å². The number of benzene rings is 2. The van der Waals surface area contributed by atoms with Gasteiger partial charge < -0.3 is 4.74 Å². The lowest BCUT2D eigenvalue weighted by atomic mass is 10.0. The van der Waals surface area contributed by atoms with Gasteiger partial charge in [0.25, 0.3) is 0 Å². The molecular weight excluding hydrogens is 396 g/mol. The van der Waals surface area contributed by atoms with Gasteiger partial charge in [-0.3, -0.25) is 0 Å². The fourth-order valence-electron chi connectivity index (χ4n) is 4.06. The maximum absolute atomic E-state index is 5.92. The number of hydrogen-bond donors (Lipinski definition) is 1. The molecule has 0 unspecified atom stereocenters. The van der Waals surface area contributed by atoms with Gasteiger partial charge in [0.1, 0.15) is 5.75 Å². The summed E-state index contributed by atoms with van der Waals surface area (Å²) in [6.07, 6.45) is 20.9. The summed E-state index contributed by atoms with van der Waals surface area (Å²) >= 11 is 4.35. The Balaban J connectivity index is 1.39. The molecular formula is C29H44OS. The number of hydrogen-bond acceptors (Lipinski definition) is 2. The third-order valence-electron chi connectivity index (χ3n) is 6.07. The molecule has 0 amide bonds. The summed E-state index contributed by atoms with van der Waals surface area (Å²) in [4.78, 5) is 0.993. The standard InChI is InChI=1S/C29H44OS/c1-2-3-4-5-6-7-8-9-10-11-12-13-14-15-16-25-30-28-21-17-26(18-22-28)27-19-23-29(31)24-20-27/h17-24,31H,2-16,25H2,1H3. The van der Waals surface area contributed by atoms with Crippen LogP contribution in [0.15, 0.2) is 53.4 Å². The molecule has 0 aliphatic carbocycles. The summed E-state index contributed by atoms with van der Waals surface area (Å²) in [5.74, 6) is 0.972. The molecule has 0 aliphatic heterocycles. The zero-order valence-electron chi connectivity index (χ0n) is 19.8. The molecule has 0 aliphatic rings. The van der Waals surface area contributed by atoms with Gasteiger partial charge in [-0.2, -0.15) is 0 Å². The van der Waals surface area contributed by atoms with Gasteiger partial charge in [0, 0.05) is 4.90 Å². The van der Waals surface area contributed by atoms with Crippen molar-refractivity contribution in [3.63, 3.8) is 0 Å². The molecule has 2 heteroatoms. The van der Waals surface area contributed by atoms with E-state index in [-0.39, 0.29) is 0 Å². The molecule has 2 aromatic rings. The van der Waals surface area contributed by atoms with Crippen molar-refractivity contribution in [2.75, 3.05) is 6.61 Å². The van der Waals surface area contributed by atoms with E-state index in [1.807, 2.05) is 12.1 Å². The van der Waals surface area contributed by atoms with Crippen molar-refractivity contribution in [1.82, 2.24) is 0 Å². The Labute approximate surface area is 197 Å². The zero-order chi connectivity index (χ0) is 22.0. The smallest absolute Gasteiger partial charge is 0.119 e. The average molecular weight is 441 g/mol. The normalized spacial score (nSPS) is 11.0. The molecule has 172 valence electrons. The topological polar surface area (TPSA) is 9.23 Å². The van der Waals surface area contributed by atoms with Gasteiger partial charge in [-0.25, -0.2) is 0 Å². The SMILES string of the molecule is CCCCCCCCCCCCCCCCCOc1ccc(-c2ccc(S)cc2)cc1. The maximum atomic E-state index is 5.92. The van der Waals surface area contributed by atoms with E-state index in [0.29, 0.717) is 0 Å². The Hall–Kier alpha value is -1.41. The Kier molecular flexibility index (Phi) is 14.3. The Morgan fingerprint density at radius 3 is 1.35 bits per heavy atom. The van der Waals surface area contributed by atoms with Gasteiger partial charge in [0.05, 0.1) is 6.61 Å². The van der Waals surface area contributed by atoms with Crippen molar-refractivity contribution in [1.29, 1.82) is 0 Å². The Morgan fingerprint density at radius 1 is 0.516 bits per heavy atom. The summed E-state index contributed by atoms with van der Waals surface area (Å²) in [6, 6.07) is 16.7. The van der Waals surface area contributed by atoms with Gasteiger partial charge in [-0.15, -0.1) is 12.6 Å². The van der Waals surface area contributed by atoms with Crippen molar-refractivity contribution < 1.29 is 4.74 Å². The van der Waals surface area contributed by atoms with E-state index in [1.54, 1.807) is 0 Å². The molecule has 0 spiro atoms. The minimum Gasteiger partial charge on any atom is -0.494 e. The highest BCUT2D eigenvalue weighted by molar-refractivity contribution is 7.80. The number of thiol groups is 1. The van der Waals surface area contributed by atoms with Gasteiger partial charge in [-0.1, -0.05) is 121 Å². The van der Waals surface area contributed by atoms with Crippen molar-refractivity contribution in [3.8, 4) is 16.9 Å². The van der Waals surface area contributed by atoms with E-state index in [4.69, 9.17) is 4.74 Å². The van der Waals surface area contributed by atoms with Gasteiger partial charge in [-0.05, 0) is 41.8 Å². The first-order valence-electron chi connectivity index (χ1n) is 12.8.